The molecule has 0 bridgehead atoms. The van der Waals surface area contributed by atoms with Crippen LogP contribution in [0.5, 0.6) is 0 Å². The summed E-state index contributed by atoms with van der Waals surface area (Å²) < 4.78 is 13.0. The zero-order valence-electron chi connectivity index (χ0n) is 14.4. The number of carbonyl (C=O) groups is 1. The van der Waals surface area contributed by atoms with Crippen LogP contribution in [-0.2, 0) is 6.42 Å². The summed E-state index contributed by atoms with van der Waals surface area (Å²) in [6.45, 7) is 3.28. The number of hydrogen-bond donors (Lipinski definition) is 1. The fourth-order valence-corrected chi connectivity index (χ4v) is 3.37. The number of nitrogens with zero attached hydrogens (tertiary/aromatic N) is 3. The van der Waals surface area contributed by atoms with Crippen LogP contribution < -0.4 is 5.73 Å². The monoisotopic (exact) mass is 342 g/mol. The van der Waals surface area contributed by atoms with E-state index in [2.05, 4.69) is 9.97 Å². The standard InChI is InChI=1S/C19H23FN4O/c1-13-17(11-22-19(21)23-13)18(25)24-10-2-3-15(12-24)5-4-14-6-8-16(20)9-7-14/h6-9,11,15H,2-5,10,12H2,1H3,(H2,21,22,23)/t15-/m1/s1. The highest BCUT2D eigenvalue weighted by molar-refractivity contribution is 5.95. The molecule has 132 valence electrons. The van der Waals surface area contributed by atoms with Crippen LogP contribution in [0.15, 0.2) is 30.5 Å². The molecule has 0 spiro atoms. The molecule has 0 saturated carbocycles. The van der Waals surface area contributed by atoms with E-state index in [1.165, 1.54) is 18.3 Å². The number of amides is 1. The van der Waals surface area contributed by atoms with Crippen molar-refractivity contribution in [1.29, 1.82) is 0 Å². The molecule has 0 unspecified atom stereocenters. The lowest BCUT2D eigenvalue weighted by molar-refractivity contribution is 0.0666. The van der Waals surface area contributed by atoms with Gasteiger partial charge >= 0.3 is 0 Å². The Morgan fingerprint density at radius 1 is 1.36 bits per heavy atom. The lowest BCUT2D eigenvalue weighted by atomic mass is 9.91. The molecule has 6 heteroatoms. The molecule has 25 heavy (non-hydrogen) atoms. The van der Waals surface area contributed by atoms with Crippen LogP contribution in [0, 0.1) is 18.7 Å². The lowest BCUT2D eigenvalue weighted by Gasteiger charge is -2.33. The minimum Gasteiger partial charge on any atom is -0.368 e. The van der Waals surface area contributed by atoms with Crippen molar-refractivity contribution in [2.45, 2.75) is 32.6 Å². The third-order valence-electron chi connectivity index (χ3n) is 4.79. The van der Waals surface area contributed by atoms with E-state index in [9.17, 15) is 9.18 Å². The maximum atomic E-state index is 13.0. The van der Waals surface area contributed by atoms with Gasteiger partial charge in [0.25, 0.3) is 5.91 Å². The number of carbonyl (C=O) groups excluding carboxylic acids is 1. The first-order chi connectivity index (χ1) is 12.0. The zero-order chi connectivity index (χ0) is 17.8. The molecule has 1 saturated heterocycles. The molecule has 0 aliphatic carbocycles. The van der Waals surface area contributed by atoms with E-state index in [4.69, 9.17) is 5.73 Å². The van der Waals surface area contributed by atoms with Crippen molar-refractivity contribution in [3.63, 3.8) is 0 Å². The number of aryl methyl sites for hydroxylation is 2. The summed E-state index contributed by atoms with van der Waals surface area (Å²) in [6, 6.07) is 6.65. The number of likely N-dealkylation sites (tertiary alicyclic amines) is 1. The number of anilines is 1. The molecule has 2 N–H and O–H groups in total. The minimum absolute atomic E-state index is 0.0241. The van der Waals surface area contributed by atoms with Gasteiger partial charge in [0.05, 0.1) is 11.3 Å². The maximum absolute atomic E-state index is 13.0. The first-order valence-electron chi connectivity index (χ1n) is 8.66. The second kappa shape index (κ2) is 7.59. The Hall–Kier alpha value is -2.50. The van der Waals surface area contributed by atoms with Crippen molar-refractivity contribution in [3.8, 4) is 0 Å². The molecule has 5 nitrogen and oxygen atoms in total. The van der Waals surface area contributed by atoms with E-state index >= 15 is 0 Å². The Morgan fingerprint density at radius 2 is 2.12 bits per heavy atom. The van der Waals surface area contributed by atoms with Crippen molar-refractivity contribution in [2.75, 3.05) is 18.8 Å². The van der Waals surface area contributed by atoms with Crippen molar-refractivity contribution in [3.05, 3.63) is 53.1 Å². The first-order valence-corrected chi connectivity index (χ1v) is 8.66. The molecular weight excluding hydrogens is 319 g/mol. The smallest absolute Gasteiger partial charge is 0.257 e. The molecule has 1 amide bonds. The third kappa shape index (κ3) is 4.32. The highest BCUT2D eigenvalue weighted by atomic mass is 19.1. The Bertz CT molecular complexity index is 748. The summed E-state index contributed by atoms with van der Waals surface area (Å²) in [5, 5.41) is 0. The maximum Gasteiger partial charge on any atom is 0.257 e. The average Bonchev–Trinajstić information content (AvgIpc) is 2.61. The van der Waals surface area contributed by atoms with E-state index < -0.39 is 0 Å². The SMILES string of the molecule is Cc1nc(N)ncc1C(=O)N1CCC[C@H](CCc2ccc(F)cc2)C1. The van der Waals surface area contributed by atoms with E-state index in [0.29, 0.717) is 17.2 Å². The van der Waals surface area contributed by atoms with Gasteiger partial charge in [-0.3, -0.25) is 4.79 Å². The van der Waals surface area contributed by atoms with Gasteiger partial charge < -0.3 is 10.6 Å². The Balaban J connectivity index is 1.60. The molecule has 1 atom stereocenters. The number of hydrogen-bond acceptors (Lipinski definition) is 4. The predicted octanol–water partition coefficient (Wildman–Crippen LogP) is 2.99. The normalized spacial score (nSPS) is 17.5. The lowest BCUT2D eigenvalue weighted by Crippen LogP contribution is -2.40. The second-order valence-electron chi connectivity index (χ2n) is 6.65. The quantitative estimate of drug-likeness (QED) is 0.927. The molecule has 2 heterocycles. The summed E-state index contributed by atoms with van der Waals surface area (Å²) >= 11 is 0. The fourth-order valence-electron chi connectivity index (χ4n) is 3.37. The average molecular weight is 342 g/mol. The molecule has 1 aliphatic rings. The van der Waals surface area contributed by atoms with Crippen LogP contribution in [0.1, 0.15) is 40.9 Å². The highest BCUT2D eigenvalue weighted by Crippen LogP contribution is 2.23. The Morgan fingerprint density at radius 3 is 2.84 bits per heavy atom. The second-order valence-corrected chi connectivity index (χ2v) is 6.65. The Labute approximate surface area is 147 Å². The molecule has 1 aromatic heterocycles. The number of halogens is 1. The van der Waals surface area contributed by atoms with Gasteiger partial charge in [0, 0.05) is 19.3 Å². The van der Waals surface area contributed by atoms with Crippen LogP contribution in [0.4, 0.5) is 10.3 Å². The van der Waals surface area contributed by atoms with Gasteiger partial charge in [-0.2, -0.15) is 0 Å². The van der Waals surface area contributed by atoms with Crippen LogP contribution in [0.3, 0.4) is 0 Å². The largest absolute Gasteiger partial charge is 0.368 e. The van der Waals surface area contributed by atoms with Crippen LogP contribution in [0.2, 0.25) is 0 Å². The van der Waals surface area contributed by atoms with E-state index in [-0.39, 0.29) is 17.7 Å². The van der Waals surface area contributed by atoms with E-state index in [1.807, 2.05) is 17.0 Å². The van der Waals surface area contributed by atoms with Gasteiger partial charge in [-0.15, -0.1) is 0 Å². The van der Waals surface area contributed by atoms with Gasteiger partial charge in [0.1, 0.15) is 5.82 Å². The number of nitrogen functional groups attached to an aromatic ring is 1. The van der Waals surface area contributed by atoms with Gasteiger partial charge in [0.2, 0.25) is 5.95 Å². The van der Waals surface area contributed by atoms with Crippen LogP contribution >= 0.6 is 0 Å². The van der Waals surface area contributed by atoms with Gasteiger partial charge in [-0.05, 0) is 56.2 Å². The van der Waals surface area contributed by atoms with Crippen LogP contribution in [0.25, 0.3) is 0 Å². The molecule has 0 radical (unpaired) electrons. The number of benzene rings is 1. The predicted molar refractivity (Wildman–Crippen MR) is 94.5 cm³/mol. The van der Waals surface area contributed by atoms with Crippen molar-refractivity contribution in [1.82, 2.24) is 14.9 Å². The fraction of sp³-hybridized carbons (Fsp3) is 0.421. The Kier molecular flexibility index (Phi) is 5.26. The first kappa shape index (κ1) is 17.3. The number of rotatable bonds is 4. The summed E-state index contributed by atoms with van der Waals surface area (Å²) in [5.74, 6) is 0.408. The molecular formula is C19H23FN4O. The molecule has 1 aromatic carbocycles. The van der Waals surface area contributed by atoms with E-state index in [0.717, 1.165) is 44.3 Å². The molecule has 3 rings (SSSR count). The van der Waals surface area contributed by atoms with Crippen molar-refractivity contribution >= 4 is 11.9 Å². The summed E-state index contributed by atoms with van der Waals surface area (Å²) in [7, 11) is 0. The van der Waals surface area contributed by atoms with E-state index in [1.54, 1.807) is 6.92 Å². The summed E-state index contributed by atoms with van der Waals surface area (Å²) in [6.07, 6.45) is 5.52. The summed E-state index contributed by atoms with van der Waals surface area (Å²) in [5.41, 5.74) is 7.83. The highest BCUT2D eigenvalue weighted by Gasteiger charge is 2.25. The van der Waals surface area contributed by atoms with Gasteiger partial charge in [-0.1, -0.05) is 12.1 Å². The third-order valence-corrected chi connectivity index (χ3v) is 4.79. The minimum atomic E-state index is -0.209. The number of aromatic nitrogens is 2. The molecule has 2 aromatic rings. The summed E-state index contributed by atoms with van der Waals surface area (Å²) in [4.78, 5) is 22.7. The van der Waals surface area contributed by atoms with Crippen molar-refractivity contribution in [2.24, 2.45) is 5.92 Å². The number of nitrogens with two attached hydrogens (primary N) is 1. The van der Waals surface area contributed by atoms with Crippen LogP contribution in [-0.4, -0.2) is 33.9 Å². The molecule has 1 aliphatic heterocycles. The number of piperidine rings is 1. The zero-order valence-corrected chi connectivity index (χ0v) is 14.4. The van der Waals surface area contributed by atoms with Gasteiger partial charge in [0.15, 0.2) is 0 Å². The molecule has 1 fully saturated rings. The topological polar surface area (TPSA) is 72.1 Å². The van der Waals surface area contributed by atoms with Gasteiger partial charge in [-0.25, -0.2) is 14.4 Å². The van der Waals surface area contributed by atoms with Crippen molar-refractivity contribution < 1.29 is 9.18 Å².